The van der Waals surface area contributed by atoms with Crippen LogP contribution in [0.4, 0.5) is 0 Å². The van der Waals surface area contributed by atoms with Crippen molar-refractivity contribution in [3.8, 4) is 21.6 Å². The van der Waals surface area contributed by atoms with Crippen molar-refractivity contribution < 1.29 is 8.42 Å². The van der Waals surface area contributed by atoms with Crippen molar-refractivity contribution in [2.24, 2.45) is 0 Å². The molecule has 2 aromatic heterocycles. The van der Waals surface area contributed by atoms with Crippen LogP contribution in [0.3, 0.4) is 0 Å². The fourth-order valence-corrected chi connectivity index (χ4v) is 4.53. The highest BCUT2D eigenvalue weighted by atomic mass is 32.2. The van der Waals surface area contributed by atoms with Crippen molar-refractivity contribution in [1.29, 1.82) is 0 Å². The summed E-state index contributed by atoms with van der Waals surface area (Å²) in [5.74, 6) is 0. The van der Waals surface area contributed by atoms with Gasteiger partial charge in [0.1, 0.15) is 0 Å². The first kappa shape index (κ1) is 18.8. The first-order valence-electron chi connectivity index (χ1n) is 9.00. The molecule has 2 heterocycles. The van der Waals surface area contributed by atoms with Gasteiger partial charge in [-0.3, -0.25) is 4.98 Å². The second kappa shape index (κ2) is 6.83. The molecule has 28 heavy (non-hydrogen) atoms. The molecule has 5 heteroatoms. The second-order valence-electron chi connectivity index (χ2n) is 7.44. The summed E-state index contributed by atoms with van der Waals surface area (Å²) in [6.07, 6.45) is 3.06. The van der Waals surface area contributed by atoms with Gasteiger partial charge in [-0.2, -0.15) is 0 Å². The van der Waals surface area contributed by atoms with E-state index in [9.17, 15) is 8.42 Å². The van der Waals surface area contributed by atoms with Crippen molar-refractivity contribution in [3.63, 3.8) is 0 Å². The summed E-state index contributed by atoms with van der Waals surface area (Å²) in [5.41, 5.74) is 4.76. The number of pyridine rings is 1. The molecule has 0 fully saturated rings. The molecular weight excluding hydrogens is 386 g/mol. The largest absolute Gasteiger partial charge is 0.256 e. The van der Waals surface area contributed by atoms with Crippen molar-refractivity contribution in [3.05, 3.63) is 77.8 Å². The Balaban J connectivity index is 1.98. The molecule has 0 spiro atoms. The summed E-state index contributed by atoms with van der Waals surface area (Å²) in [5, 5.41) is 3.00. The van der Waals surface area contributed by atoms with Crippen molar-refractivity contribution in [1.82, 2.24) is 4.98 Å². The number of thiophene rings is 1. The van der Waals surface area contributed by atoms with Crippen molar-refractivity contribution in [2.75, 3.05) is 6.26 Å². The Morgan fingerprint density at radius 1 is 0.929 bits per heavy atom. The molecule has 142 valence electrons. The van der Waals surface area contributed by atoms with Crippen LogP contribution >= 0.6 is 11.3 Å². The third-order valence-corrected chi connectivity index (χ3v) is 8.31. The number of aromatic nitrogens is 1. The minimum absolute atomic E-state index is 0.770. The van der Waals surface area contributed by atoms with Gasteiger partial charge in [0.05, 0.1) is 10.3 Å². The molecule has 0 N–H and O–H groups in total. The fraction of sp³-hybridized carbons (Fsp3) is 0.174. The van der Waals surface area contributed by atoms with Crippen LogP contribution in [-0.4, -0.2) is 19.7 Å². The van der Waals surface area contributed by atoms with E-state index in [-0.39, 0.29) is 0 Å². The third-order valence-electron chi connectivity index (χ3n) is 5.31. The monoisotopic (exact) mass is 407 g/mol. The highest BCUT2D eigenvalue weighted by Gasteiger charge is 2.33. The Kier molecular flexibility index (Phi) is 4.60. The van der Waals surface area contributed by atoms with E-state index in [0.717, 1.165) is 33.2 Å². The van der Waals surface area contributed by atoms with Crippen LogP contribution in [0, 0.1) is 0 Å². The van der Waals surface area contributed by atoms with Gasteiger partial charge in [-0.15, -0.1) is 11.3 Å². The molecule has 4 aromatic rings. The molecule has 0 bridgehead atoms. The molecule has 4 rings (SSSR count). The number of hydrogen-bond acceptors (Lipinski definition) is 4. The molecule has 0 saturated carbocycles. The fourth-order valence-electron chi connectivity index (χ4n) is 3.26. The first-order chi connectivity index (χ1) is 13.3. The van der Waals surface area contributed by atoms with Crippen LogP contribution in [0.15, 0.2) is 72.2 Å². The summed E-state index contributed by atoms with van der Waals surface area (Å²) >= 11 is 1.70. The Morgan fingerprint density at radius 3 is 2.43 bits per heavy atom. The first-order valence-corrected chi connectivity index (χ1v) is 11.8. The molecule has 0 saturated heterocycles. The van der Waals surface area contributed by atoms with Crippen LogP contribution in [-0.2, 0) is 14.6 Å². The topological polar surface area (TPSA) is 47.0 Å². The number of sulfone groups is 1. The van der Waals surface area contributed by atoms with E-state index < -0.39 is 14.6 Å². The van der Waals surface area contributed by atoms with E-state index in [4.69, 9.17) is 0 Å². The summed E-state index contributed by atoms with van der Waals surface area (Å²) in [6, 6.07) is 20.2. The van der Waals surface area contributed by atoms with E-state index >= 15 is 0 Å². The predicted molar refractivity (Wildman–Crippen MR) is 118 cm³/mol. The average Bonchev–Trinajstić information content (AvgIpc) is 3.21. The lowest BCUT2D eigenvalue weighted by Gasteiger charge is -2.24. The third kappa shape index (κ3) is 3.25. The lowest BCUT2D eigenvalue weighted by molar-refractivity contribution is 0.561. The molecule has 0 aliphatic rings. The van der Waals surface area contributed by atoms with Gasteiger partial charge in [-0.05, 0) is 66.2 Å². The molecule has 0 unspecified atom stereocenters. The maximum Gasteiger partial charge on any atom is 0.156 e. The molecule has 0 atom stereocenters. The Bertz CT molecular complexity index is 1260. The minimum atomic E-state index is -3.29. The smallest absolute Gasteiger partial charge is 0.156 e. The van der Waals surface area contributed by atoms with E-state index in [2.05, 4.69) is 34.6 Å². The van der Waals surface area contributed by atoms with Gasteiger partial charge in [0.2, 0.25) is 0 Å². The summed E-state index contributed by atoms with van der Waals surface area (Å²) in [6.45, 7) is 3.51. The Hall–Kier alpha value is -2.50. The van der Waals surface area contributed by atoms with Crippen molar-refractivity contribution in [2.45, 2.75) is 18.6 Å². The van der Waals surface area contributed by atoms with E-state index in [1.807, 2.05) is 36.4 Å². The Morgan fingerprint density at radius 2 is 1.71 bits per heavy atom. The zero-order valence-electron chi connectivity index (χ0n) is 16.0. The summed E-state index contributed by atoms with van der Waals surface area (Å²) in [7, 11) is -3.29. The van der Waals surface area contributed by atoms with Crippen molar-refractivity contribution >= 4 is 32.1 Å². The van der Waals surface area contributed by atoms with Crippen LogP contribution in [0.1, 0.15) is 19.4 Å². The van der Waals surface area contributed by atoms with Gasteiger partial charge in [0.15, 0.2) is 9.84 Å². The quantitative estimate of drug-likeness (QED) is 0.422. The molecule has 2 aromatic carbocycles. The second-order valence-corrected chi connectivity index (χ2v) is 11.0. The van der Waals surface area contributed by atoms with Gasteiger partial charge in [-0.1, -0.05) is 30.3 Å². The number of rotatable bonds is 4. The Labute approximate surface area is 169 Å². The van der Waals surface area contributed by atoms with E-state index in [1.54, 1.807) is 31.4 Å². The van der Waals surface area contributed by atoms with E-state index in [0.29, 0.717) is 0 Å². The SMILES string of the molecule is CC(C)(c1cc(-c2cccc(-c3cccs3)c2)c2ncccc2c1)S(C)(=O)=O. The molecular formula is C23H21NO2S2. The van der Waals surface area contributed by atoms with Crippen LogP contribution in [0.25, 0.3) is 32.5 Å². The number of fused-ring (bicyclic) bond motifs is 1. The maximum absolute atomic E-state index is 12.4. The zero-order chi connectivity index (χ0) is 19.9. The lowest BCUT2D eigenvalue weighted by Crippen LogP contribution is -2.28. The van der Waals surface area contributed by atoms with Gasteiger partial charge >= 0.3 is 0 Å². The molecule has 0 aliphatic heterocycles. The highest BCUT2D eigenvalue weighted by molar-refractivity contribution is 7.91. The summed E-state index contributed by atoms with van der Waals surface area (Å²) < 4.78 is 23.9. The van der Waals surface area contributed by atoms with Gasteiger partial charge in [-0.25, -0.2) is 8.42 Å². The number of hydrogen-bond donors (Lipinski definition) is 0. The standard InChI is InChI=1S/C23H21NO2S2/c1-23(2,28(3,25)26)19-14-18-9-5-11-24-22(18)20(15-19)16-7-4-8-17(13-16)21-10-6-12-27-21/h4-15H,1-3H3. The van der Waals surface area contributed by atoms with Gasteiger partial charge < -0.3 is 0 Å². The highest BCUT2D eigenvalue weighted by Crippen LogP contribution is 2.37. The minimum Gasteiger partial charge on any atom is -0.256 e. The van der Waals surface area contributed by atoms with Gasteiger partial charge in [0, 0.05) is 28.3 Å². The van der Waals surface area contributed by atoms with Crippen LogP contribution in [0.2, 0.25) is 0 Å². The molecule has 0 aliphatic carbocycles. The lowest BCUT2D eigenvalue weighted by atomic mass is 9.93. The number of nitrogens with zero attached hydrogens (tertiary/aromatic N) is 1. The average molecular weight is 408 g/mol. The van der Waals surface area contributed by atoms with Crippen LogP contribution < -0.4 is 0 Å². The van der Waals surface area contributed by atoms with E-state index in [1.165, 1.54) is 11.1 Å². The molecule has 0 radical (unpaired) electrons. The number of benzene rings is 2. The summed E-state index contributed by atoms with van der Waals surface area (Å²) in [4.78, 5) is 5.79. The van der Waals surface area contributed by atoms with Crippen LogP contribution in [0.5, 0.6) is 0 Å². The maximum atomic E-state index is 12.4. The zero-order valence-corrected chi connectivity index (χ0v) is 17.6. The normalized spacial score (nSPS) is 12.4. The molecule has 0 amide bonds. The van der Waals surface area contributed by atoms with Gasteiger partial charge in [0.25, 0.3) is 0 Å². The predicted octanol–water partition coefficient (Wildman–Crippen LogP) is 5.91. The molecule has 3 nitrogen and oxygen atoms in total.